The Kier molecular flexibility index (Phi) is 10.2. The van der Waals surface area contributed by atoms with E-state index >= 15 is 0 Å². The normalized spacial score (nSPS) is 18.6. The minimum absolute atomic E-state index is 0.131. The van der Waals surface area contributed by atoms with Crippen LogP contribution in [0.1, 0.15) is 72.6 Å². The second-order valence-corrected chi connectivity index (χ2v) is 10.9. The Morgan fingerprint density at radius 1 is 1.19 bits per heavy atom. The van der Waals surface area contributed by atoms with Crippen molar-refractivity contribution in [1.29, 1.82) is 0 Å². The molecule has 1 fully saturated rings. The van der Waals surface area contributed by atoms with E-state index in [0.29, 0.717) is 36.9 Å². The molecule has 3 rings (SSSR count). The van der Waals surface area contributed by atoms with E-state index in [4.69, 9.17) is 4.42 Å². The van der Waals surface area contributed by atoms with Crippen molar-refractivity contribution in [2.75, 3.05) is 20.4 Å². The minimum atomic E-state index is -0.815. The number of amides is 2. The largest absolute Gasteiger partial charge is 0.408 e. The zero-order valence-corrected chi connectivity index (χ0v) is 22.9. The second-order valence-electron chi connectivity index (χ2n) is 10.1. The van der Waals surface area contributed by atoms with Gasteiger partial charge in [0.05, 0.1) is 12.0 Å². The molecule has 0 spiro atoms. The molecule has 9 nitrogen and oxygen atoms in total. The minimum Gasteiger partial charge on any atom is -0.408 e. The summed E-state index contributed by atoms with van der Waals surface area (Å²) in [6.07, 6.45) is 5.12. The van der Waals surface area contributed by atoms with E-state index in [-0.39, 0.29) is 28.8 Å². The van der Waals surface area contributed by atoms with E-state index in [0.717, 1.165) is 12.8 Å². The molecule has 0 bridgehead atoms. The summed E-state index contributed by atoms with van der Waals surface area (Å²) in [5, 5.41) is 13.9. The molecule has 0 saturated heterocycles. The first-order chi connectivity index (χ1) is 17.6. The Morgan fingerprint density at radius 2 is 1.92 bits per heavy atom. The molecule has 2 amide bonds. The van der Waals surface area contributed by atoms with Crippen molar-refractivity contribution < 1.29 is 23.2 Å². The number of nitrogens with one attached hydrogen (secondary N) is 2. The zero-order chi connectivity index (χ0) is 27.1. The van der Waals surface area contributed by atoms with E-state index in [1.54, 1.807) is 6.26 Å². The fourth-order valence-corrected chi connectivity index (χ4v) is 4.93. The van der Waals surface area contributed by atoms with Crippen molar-refractivity contribution in [1.82, 2.24) is 25.7 Å². The molecule has 2 N–H and O–H groups in total. The van der Waals surface area contributed by atoms with E-state index in [2.05, 4.69) is 20.8 Å². The molecule has 1 aliphatic carbocycles. The molecule has 0 aliphatic heterocycles. The van der Waals surface area contributed by atoms with Gasteiger partial charge in [-0.05, 0) is 69.3 Å². The van der Waals surface area contributed by atoms with Crippen molar-refractivity contribution in [2.24, 2.45) is 11.8 Å². The van der Waals surface area contributed by atoms with Crippen LogP contribution < -0.4 is 10.6 Å². The van der Waals surface area contributed by atoms with Gasteiger partial charge in [0.2, 0.25) is 11.7 Å². The molecule has 0 radical (unpaired) electrons. The van der Waals surface area contributed by atoms with E-state index in [1.807, 2.05) is 32.8 Å². The first kappa shape index (κ1) is 28.8. The number of nitrogens with zero attached hydrogens (tertiary/aromatic N) is 3. The van der Waals surface area contributed by atoms with Crippen LogP contribution >= 0.6 is 11.8 Å². The summed E-state index contributed by atoms with van der Waals surface area (Å²) in [7, 11) is 3.69. The smallest absolute Gasteiger partial charge is 0.286 e. The predicted octanol–water partition coefficient (Wildman–Crippen LogP) is 3.69. The van der Waals surface area contributed by atoms with Crippen LogP contribution in [0.4, 0.5) is 4.39 Å². The number of hydrogen-bond donors (Lipinski definition) is 2. The Morgan fingerprint density at radius 3 is 2.57 bits per heavy atom. The molecule has 1 unspecified atom stereocenters. The van der Waals surface area contributed by atoms with Crippen molar-refractivity contribution in [3.8, 4) is 0 Å². The van der Waals surface area contributed by atoms with Gasteiger partial charge in [-0.25, -0.2) is 4.39 Å². The van der Waals surface area contributed by atoms with Gasteiger partial charge in [0.1, 0.15) is 5.82 Å². The summed E-state index contributed by atoms with van der Waals surface area (Å²) < 4.78 is 19.3. The van der Waals surface area contributed by atoms with Crippen molar-refractivity contribution in [3.63, 3.8) is 0 Å². The standard InChI is InChI=1S/C26H36FN5O4S/c1-15(2)12-21(22(33)25-30-31-26(36-25)37-5)29-24(35)19-8-6-7-9-20(19)28-23(34)18-11-10-17(27)13-16(18)14-32(3)4/h10-11,13,15,19-21H,6-9,12,14H2,1-5H3,(H,28,34)(H,29,35)/t19-,20+,21?/m1/s1. The molecule has 1 aliphatic rings. The molecule has 1 aromatic heterocycles. The van der Waals surface area contributed by atoms with Gasteiger partial charge in [-0.1, -0.05) is 38.5 Å². The van der Waals surface area contributed by atoms with Crippen LogP contribution in [0, 0.1) is 17.7 Å². The van der Waals surface area contributed by atoms with Gasteiger partial charge in [-0.2, -0.15) is 0 Å². The first-order valence-electron chi connectivity index (χ1n) is 12.5. The Hall–Kier alpha value is -2.79. The maximum Gasteiger partial charge on any atom is 0.286 e. The Balaban J connectivity index is 1.75. The van der Waals surface area contributed by atoms with Crippen LogP contribution in [0.3, 0.4) is 0 Å². The SMILES string of the molecule is CSc1nnc(C(=O)C(CC(C)C)NC(=O)[C@@H]2CCCC[C@@H]2NC(=O)c2ccc(F)cc2CN(C)C)o1. The summed E-state index contributed by atoms with van der Waals surface area (Å²) in [6.45, 7) is 4.33. The van der Waals surface area contributed by atoms with Crippen LogP contribution in [0.25, 0.3) is 0 Å². The lowest BCUT2D eigenvalue weighted by molar-refractivity contribution is -0.127. The summed E-state index contributed by atoms with van der Waals surface area (Å²) in [5.41, 5.74) is 0.958. The van der Waals surface area contributed by atoms with Crippen molar-refractivity contribution in [3.05, 3.63) is 41.0 Å². The molecule has 11 heteroatoms. The number of Topliss-reactive ketones (excluding diaryl/α,β-unsaturated/α-hetero) is 1. The highest BCUT2D eigenvalue weighted by molar-refractivity contribution is 7.98. The van der Waals surface area contributed by atoms with Crippen LogP contribution in [0.2, 0.25) is 0 Å². The van der Waals surface area contributed by atoms with Crippen LogP contribution in [0.15, 0.2) is 27.8 Å². The van der Waals surface area contributed by atoms with Gasteiger partial charge in [0, 0.05) is 18.2 Å². The average molecular weight is 534 g/mol. The third-order valence-corrected chi connectivity index (χ3v) is 6.86. The quantitative estimate of drug-likeness (QED) is 0.332. The molecule has 37 heavy (non-hydrogen) atoms. The summed E-state index contributed by atoms with van der Waals surface area (Å²) >= 11 is 1.23. The average Bonchev–Trinajstić information content (AvgIpc) is 3.32. The van der Waals surface area contributed by atoms with Crippen LogP contribution in [0.5, 0.6) is 0 Å². The van der Waals surface area contributed by atoms with E-state index in [9.17, 15) is 18.8 Å². The number of halogens is 1. The van der Waals surface area contributed by atoms with Gasteiger partial charge in [-0.15, -0.1) is 10.2 Å². The van der Waals surface area contributed by atoms with Gasteiger partial charge >= 0.3 is 0 Å². The van der Waals surface area contributed by atoms with Gasteiger partial charge in [0.25, 0.3) is 17.0 Å². The molecule has 3 atom stereocenters. The molecule has 2 aromatic rings. The Labute approximate surface area is 221 Å². The lowest BCUT2D eigenvalue weighted by atomic mass is 9.83. The number of thioether (sulfide) groups is 1. The highest BCUT2D eigenvalue weighted by Gasteiger charge is 2.36. The highest BCUT2D eigenvalue weighted by Crippen LogP contribution is 2.26. The van der Waals surface area contributed by atoms with Gasteiger partial charge in [0.15, 0.2) is 0 Å². The van der Waals surface area contributed by atoms with Crippen LogP contribution in [-0.4, -0.2) is 65.1 Å². The lowest BCUT2D eigenvalue weighted by Crippen LogP contribution is -2.52. The maximum absolute atomic E-state index is 13.9. The van der Waals surface area contributed by atoms with E-state index in [1.165, 1.54) is 30.0 Å². The summed E-state index contributed by atoms with van der Waals surface area (Å²) in [6, 6.07) is 2.89. The number of carbonyl (C=O) groups excluding carboxylic acids is 3. The third kappa shape index (κ3) is 7.85. The molecule has 1 heterocycles. The van der Waals surface area contributed by atoms with E-state index < -0.39 is 29.6 Å². The summed E-state index contributed by atoms with van der Waals surface area (Å²) in [5.74, 6) is -1.96. The molecule has 1 saturated carbocycles. The topological polar surface area (TPSA) is 117 Å². The molecule has 202 valence electrons. The maximum atomic E-state index is 13.9. The number of carbonyl (C=O) groups is 3. The molecular weight excluding hydrogens is 497 g/mol. The predicted molar refractivity (Wildman–Crippen MR) is 139 cm³/mol. The van der Waals surface area contributed by atoms with Gasteiger partial charge < -0.3 is 20.0 Å². The van der Waals surface area contributed by atoms with Crippen LogP contribution in [-0.2, 0) is 11.3 Å². The first-order valence-corrected chi connectivity index (χ1v) is 13.8. The van der Waals surface area contributed by atoms with Crippen molar-refractivity contribution >= 4 is 29.4 Å². The molecular formula is C26H36FN5O4S. The fourth-order valence-electron chi connectivity index (χ4n) is 4.64. The third-order valence-electron chi connectivity index (χ3n) is 6.35. The second kappa shape index (κ2) is 13.1. The zero-order valence-electron chi connectivity index (χ0n) is 22.0. The monoisotopic (exact) mass is 533 g/mol. The Bertz CT molecular complexity index is 1110. The highest BCUT2D eigenvalue weighted by atomic mass is 32.2. The number of rotatable bonds is 11. The van der Waals surface area contributed by atoms with Gasteiger partial charge in [-0.3, -0.25) is 14.4 Å². The number of benzene rings is 1. The number of ketones is 1. The number of aromatic nitrogens is 2. The molecule has 1 aromatic carbocycles. The fraction of sp³-hybridized carbons (Fsp3) is 0.577. The summed E-state index contributed by atoms with van der Waals surface area (Å²) in [4.78, 5) is 41.6. The lowest BCUT2D eigenvalue weighted by Gasteiger charge is -2.32. The number of hydrogen-bond acceptors (Lipinski definition) is 8. The van der Waals surface area contributed by atoms with Crippen molar-refractivity contribution in [2.45, 2.75) is 69.8 Å².